The van der Waals surface area contributed by atoms with E-state index >= 15 is 0 Å². The zero-order chi connectivity index (χ0) is 20.1. The van der Waals surface area contributed by atoms with Crippen LogP contribution >= 0.6 is 12.6 Å². The van der Waals surface area contributed by atoms with Crippen molar-refractivity contribution in [2.75, 3.05) is 26.9 Å². The molecule has 26 heavy (non-hydrogen) atoms. The molecule has 0 bridgehead atoms. The summed E-state index contributed by atoms with van der Waals surface area (Å²) >= 11 is 4.17. The molecule has 0 aromatic carbocycles. The number of hydrogen-bond donors (Lipinski definition) is 1. The van der Waals surface area contributed by atoms with E-state index in [2.05, 4.69) is 54.2 Å². The predicted octanol–water partition coefficient (Wildman–Crippen LogP) is 5.41. The Balaban J connectivity index is 4.63. The van der Waals surface area contributed by atoms with E-state index in [9.17, 15) is 0 Å². The van der Waals surface area contributed by atoms with Crippen LogP contribution in [0.1, 0.15) is 73.6 Å². The van der Waals surface area contributed by atoms with Crippen molar-refractivity contribution in [2.24, 2.45) is 0 Å². The van der Waals surface area contributed by atoms with Crippen LogP contribution in [0.2, 0.25) is 0 Å². The Kier molecular flexibility index (Phi) is 14.0. The van der Waals surface area contributed by atoms with E-state index in [4.69, 9.17) is 18.9 Å². The molecule has 3 unspecified atom stereocenters. The number of ether oxygens (including phenoxy) is 4. The molecule has 0 radical (unpaired) electrons. The second kappa shape index (κ2) is 14.0. The van der Waals surface area contributed by atoms with Crippen molar-refractivity contribution in [3.63, 3.8) is 0 Å². The molecule has 0 spiro atoms. The van der Waals surface area contributed by atoms with Gasteiger partial charge in [-0.1, -0.05) is 19.9 Å². The highest BCUT2D eigenvalue weighted by Crippen LogP contribution is 2.25. The Morgan fingerprint density at radius 1 is 1.08 bits per heavy atom. The fourth-order valence-electron chi connectivity index (χ4n) is 2.44. The van der Waals surface area contributed by atoms with Crippen LogP contribution in [0.3, 0.4) is 0 Å². The molecule has 0 amide bonds. The molecule has 0 aromatic rings. The van der Waals surface area contributed by atoms with Crippen LogP contribution < -0.4 is 0 Å². The lowest BCUT2D eigenvalue weighted by Gasteiger charge is -2.35. The standard InChI is InChI=1S/C21H42O4S/c1-8-18(3)23-17-19(11-10-16-26)25-21(6,9-2)13-15-24-20(4,5)12-14-22-7/h10,16,18-19,26H,8-9,11-15,17H2,1-7H3. The minimum atomic E-state index is -0.231. The summed E-state index contributed by atoms with van der Waals surface area (Å²) in [6.07, 6.45) is 6.77. The van der Waals surface area contributed by atoms with E-state index in [0.29, 0.717) is 19.8 Å². The van der Waals surface area contributed by atoms with Gasteiger partial charge >= 0.3 is 0 Å². The summed E-state index contributed by atoms with van der Waals surface area (Å²) in [7, 11) is 1.72. The number of thiol groups is 1. The Morgan fingerprint density at radius 2 is 1.77 bits per heavy atom. The van der Waals surface area contributed by atoms with Crippen LogP contribution in [0.25, 0.3) is 0 Å². The largest absolute Gasteiger partial charge is 0.385 e. The van der Waals surface area contributed by atoms with E-state index in [1.165, 1.54) is 0 Å². The topological polar surface area (TPSA) is 36.9 Å². The molecule has 0 fully saturated rings. The van der Waals surface area contributed by atoms with Crippen molar-refractivity contribution in [1.82, 2.24) is 0 Å². The van der Waals surface area contributed by atoms with Gasteiger partial charge in [-0.25, -0.2) is 0 Å². The molecule has 0 rings (SSSR count). The normalized spacial score (nSPS) is 17.4. The quantitative estimate of drug-likeness (QED) is 0.358. The maximum atomic E-state index is 6.47. The molecule has 0 aliphatic carbocycles. The van der Waals surface area contributed by atoms with Gasteiger partial charge in [-0.15, -0.1) is 0 Å². The SMILES string of the molecule is CCC(C)OCC(CC=CS)OC(C)(CC)CCOC(C)(C)CCOC. The Morgan fingerprint density at radius 3 is 2.31 bits per heavy atom. The molecule has 156 valence electrons. The lowest BCUT2D eigenvalue weighted by atomic mass is 9.98. The summed E-state index contributed by atoms with van der Waals surface area (Å²) in [6, 6.07) is 0. The monoisotopic (exact) mass is 390 g/mol. The first-order valence-electron chi connectivity index (χ1n) is 9.93. The molecule has 0 aliphatic rings. The number of methoxy groups -OCH3 is 1. The minimum Gasteiger partial charge on any atom is -0.385 e. The highest BCUT2D eigenvalue weighted by molar-refractivity contribution is 7.83. The Labute approximate surface area is 167 Å². The average Bonchev–Trinajstić information content (AvgIpc) is 2.61. The lowest BCUT2D eigenvalue weighted by molar-refractivity contribution is -0.137. The van der Waals surface area contributed by atoms with Gasteiger partial charge in [0.15, 0.2) is 0 Å². The molecule has 0 aliphatic heterocycles. The molecule has 5 heteroatoms. The summed E-state index contributed by atoms with van der Waals surface area (Å²) in [4.78, 5) is 0. The van der Waals surface area contributed by atoms with Gasteiger partial charge in [0.1, 0.15) is 0 Å². The smallest absolute Gasteiger partial charge is 0.0850 e. The van der Waals surface area contributed by atoms with E-state index < -0.39 is 0 Å². The van der Waals surface area contributed by atoms with Crippen LogP contribution in [0.4, 0.5) is 0 Å². The van der Waals surface area contributed by atoms with Gasteiger partial charge in [-0.2, -0.15) is 12.6 Å². The maximum Gasteiger partial charge on any atom is 0.0850 e. The van der Waals surface area contributed by atoms with Crippen molar-refractivity contribution < 1.29 is 18.9 Å². The third-order valence-corrected chi connectivity index (χ3v) is 5.09. The molecule has 3 atom stereocenters. The van der Waals surface area contributed by atoms with Crippen LogP contribution in [-0.4, -0.2) is 50.3 Å². The highest BCUT2D eigenvalue weighted by Gasteiger charge is 2.28. The van der Waals surface area contributed by atoms with Gasteiger partial charge in [0, 0.05) is 13.7 Å². The molecule has 0 N–H and O–H groups in total. The first kappa shape index (κ1) is 25.9. The summed E-state index contributed by atoms with van der Waals surface area (Å²) in [5.41, 5.74) is -0.413. The third kappa shape index (κ3) is 12.3. The molecule has 0 saturated carbocycles. The van der Waals surface area contributed by atoms with Crippen LogP contribution in [0, 0.1) is 0 Å². The Bertz CT molecular complexity index is 373. The molecule has 0 saturated heterocycles. The van der Waals surface area contributed by atoms with Gasteiger partial charge in [0.05, 0.1) is 36.6 Å². The molecule has 4 nitrogen and oxygen atoms in total. The van der Waals surface area contributed by atoms with Gasteiger partial charge in [-0.3, -0.25) is 0 Å². The molecular weight excluding hydrogens is 348 g/mol. The number of rotatable bonds is 16. The van der Waals surface area contributed by atoms with Gasteiger partial charge in [-0.05, 0) is 65.2 Å². The van der Waals surface area contributed by atoms with E-state index in [1.54, 1.807) is 12.5 Å². The lowest BCUT2D eigenvalue weighted by Crippen LogP contribution is -2.38. The minimum absolute atomic E-state index is 0.0267. The first-order valence-corrected chi connectivity index (χ1v) is 10.4. The van der Waals surface area contributed by atoms with Gasteiger partial charge < -0.3 is 18.9 Å². The average molecular weight is 391 g/mol. The van der Waals surface area contributed by atoms with Crippen molar-refractivity contribution in [2.45, 2.75) is 97.1 Å². The molecular formula is C21H42O4S. The highest BCUT2D eigenvalue weighted by atomic mass is 32.1. The number of hydrogen-bond acceptors (Lipinski definition) is 5. The van der Waals surface area contributed by atoms with Crippen molar-refractivity contribution in [3.05, 3.63) is 11.5 Å². The van der Waals surface area contributed by atoms with E-state index in [-0.39, 0.29) is 23.4 Å². The van der Waals surface area contributed by atoms with Crippen molar-refractivity contribution >= 4 is 12.6 Å². The van der Waals surface area contributed by atoms with Crippen LogP contribution in [0.5, 0.6) is 0 Å². The van der Waals surface area contributed by atoms with Gasteiger partial charge in [0.25, 0.3) is 0 Å². The van der Waals surface area contributed by atoms with Crippen LogP contribution in [-0.2, 0) is 18.9 Å². The summed E-state index contributed by atoms with van der Waals surface area (Å²) < 4.78 is 23.6. The third-order valence-electron chi connectivity index (χ3n) is 4.88. The zero-order valence-electron chi connectivity index (χ0n) is 18.0. The Hall–Kier alpha value is -0.0700. The second-order valence-corrected chi connectivity index (χ2v) is 8.12. The zero-order valence-corrected chi connectivity index (χ0v) is 18.9. The predicted molar refractivity (Wildman–Crippen MR) is 113 cm³/mol. The fourth-order valence-corrected chi connectivity index (χ4v) is 2.56. The molecule has 0 heterocycles. The van der Waals surface area contributed by atoms with Gasteiger partial charge in [0.2, 0.25) is 0 Å². The second-order valence-electron chi connectivity index (χ2n) is 7.82. The molecule has 0 aromatic heterocycles. The first-order chi connectivity index (χ1) is 12.2. The van der Waals surface area contributed by atoms with E-state index in [1.807, 2.05) is 6.08 Å². The maximum absolute atomic E-state index is 6.47. The van der Waals surface area contributed by atoms with Crippen molar-refractivity contribution in [3.8, 4) is 0 Å². The fraction of sp³-hybridized carbons (Fsp3) is 0.905. The summed E-state index contributed by atoms with van der Waals surface area (Å²) in [5, 5.41) is 1.77. The summed E-state index contributed by atoms with van der Waals surface area (Å²) in [5.74, 6) is 0. The summed E-state index contributed by atoms with van der Waals surface area (Å²) in [6.45, 7) is 14.8. The van der Waals surface area contributed by atoms with E-state index in [0.717, 1.165) is 32.1 Å². The van der Waals surface area contributed by atoms with Crippen molar-refractivity contribution in [1.29, 1.82) is 0 Å². The van der Waals surface area contributed by atoms with Crippen LogP contribution in [0.15, 0.2) is 11.5 Å².